The van der Waals surface area contributed by atoms with Crippen molar-refractivity contribution in [2.24, 2.45) is 0 Å². The number of hydrogen-bond acceptors (Lipinski definition) is 6. The minimum absolute atomic E-state index is 0.452. The van der Waals surface area contributed by atoms with Gasteiger partial charge in [0.15, 0.2) is 5.82 Å². The third-order valence-corrected chi connectivity index (χ3v) is 3.47. The Morgan fingerprint density at radius 1 is 1.21 bits per heavy atom. The SMILES string of the molecule is CC(C)(C#N)N1CCN(c2nnccc2C#N)CC1. The van der Waals surface area contributed by atoms with Crippen LogP contribution in [0.4, 0.5) is 5.82 Å². The molecule has 98 valence electrons. The molecule has 0 N–H and O–H groups in total. The van der Waals surface area contributed by atoms with E-state index in [0.29, 0.717) is 11.4 Å². The quantitative estimate of drug-likeness (QED) is 0.777. The standard InChI is InChI=1S/C13H16N6/c1-13(2,10-15)19-7-5-18(6-8-19)12-11(9-14)3-4-16-17-12/h3-4H,5-8H2,1-2H3. The van der Waals surface area contributed by atoms with Crippen molar-refractivity contribution in [1.29, 1.82) is 10.5 Å². The normalized spacial score (nSPS) is 16.7. The molecule has 1 aromatic heterocycles. The van der Waals surface area contributed by atoms with Crippen LogP contribution in [0.1, 0.15) is 19.4 Å². The third kappa shape index (κ3) is 2.64. The Balaban J connectivity index is 2.09. The zero-order chi connectivity index (χ0) is 13.9. The van der Waals surface area contributed by atoms with Gasteiger partial charge < -0.3 is 4.90 Å². The maximum absolute atomic E-state index is 9.14. The second-order valence-corrected chi connectivity index (χ2v) is 5.03. The zero-order valence-corrected chi connectivity index (χ0v) is 11.2. The minimum atomic E-state index is -0.452. The van der Waals surface area contributed by atoms with E-state index < -0.39 is 5.54 Å². The van der Waals surface area contributed by atoms with Crippen molar-refractivity contribution in [3.63, 3.8) is 0 Å². The maximum atomic E-state index is 9.14. The molecular weight excluding hydrogens is 240 g/mol. The number of aromatic nitrogens is 2. The predicted octanol–water partition coefficient (Wildman–Crippen LogP) is 0.772. The van der Waals surface area contributed by atoms with E-state index >= 15 is 0 Å². The van der Waals surface area contributed by atoms with Gasteiger partial charge >= 0.3 is 0 Å². The molecule has 0 aromatic carbocycles. The second kappa shape index (κ2) is 5.21. The molecule has 1 aliphatic heterocycles. The van der Waals surface area contributed by atoms with Gasteiger partial charge in [0.25, 0.3) is 0 Å². The summed E-state index contributed by atoms with van der Waals surface area (Å²) in [6.07, 6.45) is 1.52. The minimum Gasteiger partial charge on any atom is -0.351 e. The maximum Gasteiger partial charge on any atom is 0.169 e. The van der Waals surface area contributed by atoms with Gasteiger partial charge in [0, 0.05) is 26.2 Å². The van der Waals surface area contributed by atoms with Crippen LogP contribution in [0.2, 0.25) is 0 Å². The largest absolute Gasteiger partial charge is 0.351 e. The lowest BCUT2D eigenvalue weighted by atomic mass is 10.0. The van der Waals surface area contributed by atoms with Crippen LogP contribution in [0, 0.1) is 22.7 Å². The van der Waals surface area contributed by atoms with Gasteiger partial charge in [-0.3, -0.25) is 4.90 Å². The zero-order valence-electron chi connectivity index (χ0n) is 11.2. The average Bonchev–Trinajstić information content (AvgIpc) is 2.47. The number of rotatable bonds is 2. The molecule has 1 aromatic rings. The van der Waals surface area contributed by atoms with Crippen LogP contribution in [0.5, 0.6) is 0 Å². The summed E-state index contributed by atoms with van der Waals surface area (Å²) >= 11 is 0. The Bertz CT molecular complexity index is 531. The van der Waals surface area contributed by atoms with Gasteiger partial charge in [-0.25, -0.2) is 0 Å². The highest BCUT2D eigenvalue weighted by atomic mass is 15.3. The molecule has 0 unspecified atom stereocenters. The first-order chi connectivity index (χ1) is 9.08. The lowest BCUT2D eigenvalue weighted by Crippen LogP contribution is -2.54. The van der Waals surface area contributed by atoms with E-state index in [2.05, 4.69) is 32.1 Å². The van der Waals surface area contributed by atoms with E-state index in [0.717, 1.165) is 26.2 Å². The van der Waals surface area contributed by atoms with Gasteiger partial charge in [-0.2, -0.15) is 15.6 Å². The van der Waals surface area contributed by atoms with E-state index in [1.54, 1.807) is 6.07 Å². The van der Waals surface area contributed by atoms with Crippen LogP contribution in [0.3, 0.4) is 0 Å². The van der Waals surface area contributed by atoms with Crippen molar-refractivity contribution in [2.75, 3.05) is 31.1 Å². The number of hydrogen-bond donors (Lipinski definition) is 0. The van der Waals surface area contributed by atoms with Gasteiger partial charge in [-0.15, -0.1) is 5.10 Å². The molecule has 0 aliphatic carbocycles. The molecule has 2 heterocycles. The summed E-state index contributed by atoms with van der Waals surface area (Å²) in [4.78, 5) is 4.20. The van der Waals surface area contributed by atoms with Gasteiger partial charge in [0.2, 0.25) is 0 Å². The summed E-state index contributed by atoms with van der Waals surface area (Å²) in [6, 6.07) is 6.13. The Morgan fingerprint density at radius 3 is 2.47 bits per heavy atom. The van der Waals surface area contributed by atoms with Crippen LogP contribution < -0.4 is 4.90 Å². The van der Waals surface area contributed by atoms with E-state index in [1.807, 2.05) is 13.8 Å². The van der Waals surface area contributed by atoms with Crippen molar-refractivity contribution in [1.82, 2.24) is 15.1 Å². The molecule has 1 fully saturated rings. The number of anilines is 1. The highest BCUT2D eigenvalue weighted by Gasteiger charge is 2.30. The van der Waals surface area contributed by atoms with Crippen molar-refractivity contribution in [3.05, 3.63) is 17.8 Å². The Hall–Kier alpha value is -2.18. The van der Waals surface area contributed by atoms with E-state index in [9.17, 15) is 0 Å². The van der Waals surface area contributed by atoms with E-state index in [-0.39, 0.29) is 0 Å². The Morgan fingerprint density at radius 2 is 1.89 bits per heavy atom. The van der Waals surface area contributed by atoms with Crippen LogP contribution in [-0.4, -0.2) is 46.8 Å². The number of nitriles is 2. The van der Waals surface area contributed by atoms with Gasteiger partial charge in [0.1, 0.15) is 11.6 Å². The molecule has 0 amide bonds. The summed E-state index contributed by atoms with van der Waals surface area (Å²) in [7, 11) is 0. The fraction of sp³-hybridized carbons (Fsp3) is 0.538. The molecule has 0 spiro atoms. The Labute approximate surface area is 112 Å². The summed E-state index contributed by atoms with van der Waals surface area (Å²) in [6.45, 7) is 6.90. The van der Waals surface area contributed by atoms with Gasteiger partial charge in [-0.1, -0.05) is 0 Å². The van der Waals surface area contributed by atoms with Crippen LogP contribution in [0.25, 0.3) is 0 Å². The summed E-state index contributed by atoms with van der Waals surface area (Å²) in [5.41, 5.74) is 0.0926. The van der Waals surface area contributed by atoms with Gasteiger partial charge in [-0.05, 0) is 19.9 Å². The Kier molecular flexibility index (Phi) is 3.64. The van der Waals surface area contributed by atoms with Crippen LogP contribution >= 0.6 is 0 Å². The molecule has 0 radical (unpaired) electrons. The summed E-state index contributed by atoms with van der Waals surface area (Å²) in [5.74, 6) is 0.638. The van der Waals surface area contributed by atoms with Crippen molar-refractivity contribution >= 4 is 5.82 Å². The topological polar surface area (TPSA) is 79.8 Å². The summed E-state index contributed by atoms with van der Waals surface area (Å²) < 4.78 is 0. The first kappa shape index (κ1) is 13.3. The van der Waals surface area contributed by atoms with E-state index in [1.165, 1.54) is 6.20 Å². The molecule has 0 bridgehead atoms. The fourth-order valence-corrected chi connectivity index (χ4v) is 2.19. The molecule has 2 rings (SSSR count). The average molecular weight is 256 g/mol. The first-order valence-electron chi connectivity index (χ1n) is 6.21. The number of nitrogens with zero attached hydrogens (tertiary/aromatic N) is 6. The van der Waals surface area contributed by atoms with Gasteiger partial charge in [0.05, 0.1) is 17.8 Å². The first-order valence-corrected chi connectivity index (χ1v) is 6.21. The smallest absolute Gasteiger partial charge is 0.169 e. The second-order valence-electron chi connectivity index (χ2n) is 5.03. The number of piperazine rings is 1. The lowest BCUT2D eigenvalue weighted by Gasteiger charge is -2.40. The highest BCUT2D eigenvalue weighted by Crippen LogP contribution is 2.21. The van der Waals surface area contributed by atoms with Crippen molar-refractivity contribution in [2.45, 2.75) is 19.4 Å². The molecule has 6 heteroatoms. The van der Waals surface area contributed by atoms with Crippen molar-refractivity contribution in [3.8, 4) is 12.1 Å². The lowest BCUT2D eigenvalue weighted by molar-refractivity contribution is 0.157. The molecular formula is C13H16N6. The fourth-order valence-electron chi connectivity index (χ4n) is 2.19. The van der Waals surface area contributed by atoms with E-state index in [4.69, 9.17) is 10.5 Å². The molecule has 0 atom stereocenters. The highest BCUT2D eigenvalue weighted by molar-refractivity contribution is 5.52. The van der Waals surface area contributed by atoms with Crippen molar-refractivity contribution < 1.29 is 0 Å². The monoisotopic (exact) mass is 256 g/mol. The molecule has 0 saturated carbocycles. The molecule has 6 nitrogen and oxygen atoms in total. The predicted molar refractivity (Wildman–Crippen MR) is 70.2 cm³/mol. The third-order valence-electron chi connectivity index (χ3n) is 3.47. The van der Waals surface area contributed by atoms with Crippen LogP contribution in [-0.2, 0) is 0 Å². The summed E-state index contributed by atoms with van der Waals surface area (Å²) in [5, 5.41) is 26.1. The molecule has 19 heavy (non-hydrogen) atoms. The molecule has 1 saturated heterocycles. The molecule has 1 aliphatic rings. The van der Waals surface area contributed by atoms with Crippen LogP contribution in [0.15, 0.2) is 12.3 Å².